The normalized spacial score (nSPS) is 21.2. The average molecular weight is 797 g/mol. The average Bonchev–Trinajstić information content (AvgIpc) is 3.90. The fourth-order valence-corrected chi connectivity index (χ4v) is 9.05. The molecule has 2 fully saturated rings. The molecule has 4 atom stereocenters. The first kappa shape index (κ1) is 40.2. The van der Waals surface area contributed by atoms with Gasteiger partial charge >= 0.3 is 12.0 Å². The van der Waals surface area contributed by atoms with Crippen LogP contribution >= 0.6 is 23.1 Å². The van der Waals surface area contributed by atoms with Crippen molar-refractivity contribution in [1.82, 2.24) is 26.3 Å². The summed E-state index contributed by atoms with van der Waals surface area (Å²) in [5.74, 6) is 1.09. The van der Waals surface area contributed by atoms with E-state index in [0.717, 1.165) is 42.6 Å². The van der Waals surface area contributed by atoms with E-state index < -0.39 is 11.5 Å². The van der Waals surface area contributed by atoms with Gasteiger partial charge in [-0.25, -0.2) is 14.6 Å². The Morgan fingerprint density at radius 3 is 2.58 bits per heavy atom. The maximum atomic E-state index is 13.0. The molecule has 4 heterocycles. The lowest BCUT2D eigenvalue weighted by molar-refractivity contribution is -0.121. The van der Waals surface area contributed by atoms with Crippen molar-refractivity contribution in [2.75, 3.05) is 57.2 Å². The van der Waals surface area contributed by atoms with E-state index in [-0.39, 0.29) is 48.5 Å². The topological polar surface area (TPSA) is 198 Å². The summed E-state index contributed by atoms with van der Waals surface area (Å²) >= 11 is 3.24. The van der Waals surface area contributed by atoms with Gasteiger partial charge in [0.1, 0.15) is 12.4 Å². The van der Waals surface area contributed by atoms with Crippen LogP contribution in [0, 0.1) is 0 Å². The quantitative estimate of drug-likeness (QED) is 0.0662. The van der Waals surface area contributed by atoms with Crippen LogP contribution in [0.1, 0.15) is 60.5 Å². The number of thiazole rings is 1. The lowest BCUT2D eigenvalue weighted by atomic mass is 9.81. The van der Waals surface area contributed by atoms with E-state index in [1.807, 2.05) is 30.8 Å². The Kier molecular flexibility index (Phi) is 14.2. The third-order valence-electron chi connectivity index (χ3n) is 9.70. The van der Waals surface area contributed by atoms with Crippen molar-refractivity contribution in [2.24, 2.45) is 0 Å². The zero-order chi connectivity index (χ0) is 38.6. The first-order valence-electron chi connectivity index (χ1n) is 18.5. The maximum Gasteiger partial charge on any atom is 0.335 e. The van der Waals surface area contributed by atoms with Crippen molar-refractivity contribution in [3.63, 3.8) is 0 Å². The molecular weight excluding hydrogens is 749 g/mol. The molecule has 2 saturated heterocycles. The number of aromatic nitrogens is 1. The van der Waals surface area contributed by atoms with Gasteiger partial charge in [0, 0.05) is 54.0 Å². The summed E-state index contributed by atoms with van der Waals surface area (Å²) in [5, 5.41) is 27.3. The number of unbranched alkanes of at least 4 members (excludes halogenated alkanes) is 1. The highest BCUT2D eigenvalue weighted by Gasteiger charge is 2.42. The molecule has 3 aliphatic rings. The van der Waals surface area contributed by atoms with E-state index in [1.165, 1.54) is 23.5 Å². The van der Waals surface area contributed by atoms with Gasteiger partial charge in [0.05, 0.1) is 44.1 Å². The minimum Gasteiger partial charge on any atom is -0.487 e. The van der Waals surface area contributed by atoms with Crippen LogP contribution < -0.4 is 36.1 Å². The van der Waals surface area contributed by atoms with Gasteiger partial charge in [0.15, 0.2) is 16.6 Å². The molecule has 55 heavy (non-hydrogen) atoms. The summed E-state index contributed by atoms with van der Waals surface area (Å²) < 4.78 is 23.8. The van der Waals surface area contributed by atoms with Crippen LogP contribution in [0.3, 0.4) is 0 Å². The molecular formula is C38H48N6O9S2. The summed E-state index contributed by atoms with van der Waals surface area (Å²) in [6, 6.07) is 10.3. The van der Waals surface area contributed by atoms with Crippen LogP contribution in [0.15, 0.2) is 48.0 Å². The summed E-state index contributed by atoms with van der Waals surface area (Å²) in [4.78, 5) is 52.3. The number of benzene rings is 2. The minimum atomic E-state index is -1.03. The van der Waals surface area contributed by atoms with Gasteiger partial charge in [-0.05, 0) is 73.7 Å². The fourth-order valence-electron chi connectivity index (χ4n) is 6.96. The second-order valence-electron chi connectivity index (χ2n) is 13.7. The molecule has 0 aliphatic carbocycles. The number of nitrogens with zero attached hydrogens (tertiary/aromatic N) is 1. The number of hydrogen-bond donors (Lipinski definition) is 6. The molecule has 6 N–H and O–H groups in total. The number of carbonyl (C=O) groups excluding carboxylic acids is 3. The molecule has 3 aliphatic heterocycles. The molecule has 17 heteroatoms. The van der Waals surface area contributed by atoms with E-state index >= 15 is 0 Å². The van der Waals surface area contributed by atoms with E-state index in [0.29, 0.717) is 73.6 Å². The highest BCUT2D eigenvalue weighted by Crippen LogP contribution is 2.41. The van der Waals surface area contributed by atoms with Crippen molar-refractivity contribution >= 4 is 52.0 Å². The molecule has 0 spiro atoms. The van der Waals surface area contributed by atoms with Crippen LogP contribution in [-0.4, -0.2) is 103 Å². The monoisotopic (exact) mass is 796 g/mol. The number of thioether (sulfide) groups is 1. The van der Waals surface area contributed by atoms with Crippen LogP contribution in [0.4, 0.5) is 9.93 Å². The molecule has 0 saturated carbocycles. The van der Waals surface area contributed by atoms with Gasteiger partial charge in [-0.1, -0.05) is 6.42 Å². The van der Waals surface area contributed by atoms with Gasteiger partial charge in [-0.15, -0.1) is 11.3 Å². The van der Waals surface area contributed by atoms with Crippen LogP contribution in [0.5, 0.6) is 17.2 Å². The molecule has 1 aromatic heterocycles. The predicted molar refractivity (Wildman–Crippen MR) is 208 cm³/mol. The van der Waals surface area contributed by atoms with Crippen LogP contribution in [-0.2, 0) is 31.0 Å². The number of fused-ring (bicyclic) bond motifs is 2. The molecule has 2 aromatic carbocycles. The maximum absolute atomic E-state index is 13.0. The Balaban J connectivity index is 0.919. The first-order valence-corrected chi connectivity index (χ1v) is 20.5. The Bertz CT molecular complexity index is 1780. The number of urea groups is 1. The largest absolute Gasteiger partial charge is 0.487 e. The standard InChI is InChI=1S/C38H48N6O9S2/c1-38(22-33(46)43-37-40-13-19-54-37)27-21-30(53-26-8-6-24(7-9-26)35(47)48)29(20-25(27)10-11-41-38)52-18-17-51-16-15-50-14-12-39-32(45)5-3-2-4-31-34-28(23-55-31)42-36(49)44-34/h6-9,13,19-21,28,31,34,41H,2-5,10-12,14-18,22-23H2,1H3,(H,39,45)(H,47,48)(H,40,43,46)(H2,42,44,49)/t28-,31-,34-,38+/m0/s1. The number of anilines is 1. The Labute approximate surface area is 328 Å². The molecule has 0 radical (unpaired) electrons. The van der Waals surface area contributed by atoms with E-state index in [4.69, 9.17) is 18.9 Å². The van der Waals surface area contributed by atoms with Gasteiger partial charge in [0.2, 0.25) is 11.8 Å². The number of ether oxygens (including phenoxy) is 4. The summed E-state index contributed by atoms with van der Waals surface area (Å²) in [6.45, 7) is 4.70. The number of nitrogens with one attached hydrogen (secondary N) is 5. The van der Waals surface area contributed by atoms with Gasteiger partial charge < -0.3 is 50.6 Å². The summed E-state index contributed by atoms with van der Waals surface area (Å²) in [6.07, 6.45) is 5.72. The number of carboxylic acid groups (broad SMARTS) is 1. The minimum absolute atomic E-state index is 0.00525. The van der Waals surface area contributed by atoms with Crippen molar-refractivity contribution in [3.8, 4) is 17.2 Å². The Hall–Kier alpha value is -4.42. The first-order chi connectivity index (χ1) is 26.7. The third kappa shape index (κ3) is 11.3. The predicted octanol–water partition coefficient (Wildman–Crippen LogP) is 4.28. The highest BCUT2D eigenvalue weighted by molar-refractivity contribution is 8.00. The van der Waals surface area contributed by atoms with Crippen LogP contribution in [0.2, 0.25) is 0 Å². The molecule has 0 unspecified atom stereocenters. The molecule has 0 bridgehead atoms. The van der Waals surface area contributed by atoms with E-state index in [1.54, 1.807) is 23.7 Å². The van der Waals surface area contributed by atoms with E-state index in [2.05, 4.69) is 31.6 Å². The SMILES string of the molecule is C[C@]1(CC(=O)Nc2nccs2)NCCc2cc(OCCOCCOCCNC(=O)CCCC[C@@H]3SC[C@@H]4NC(=O)N[C@@H]43)c(Oc3ccc(C(=O)O)cc3)cc21. The van der Waals surface area contributed by atoms with Crippen LogP contribution in [0.25, 0.3) is 0 Å². The van der Waals surface area contributed by atoms with Crippen molar-refractivity contribution in [2.45, 2.75) is 68.3 Å². The lowest BCUT2D eigenvalue weighted by Gasteiger charge is -2.37. The van der Waals surface area contributed by atoms with Crippen molar-refractivity contribution < 1.29 is 43.2 Å². The van der Waals surface area contributed by atoms with Gasteiger partial charge in [-0.3, -0.25) is 9.59 Å². The Morgan fingerprint density at radius 2 is 1.80 bits per heavy atom. The van der Waals surface area contributed by atoms with Crippen molar-refractivity contribution in [3.05, 3.63) is 64.7 Å². The molecule has 15 nitrogen and oxygen atoms in total. The molecule has 6 rings (SSSR count). The second kappa shape index (κ2) is 19.4. The van der Waals surface area contributed by atoms with Crippen molar-refractivity contribution in [1.29, 1.82) is 0 Å². The van der Waals surface area contributed by atoms with Gasteiger partial charge in [0.25, 0.3) is 0 Å². The van der Waals surface area contributed by atoms with Gasteiger partial charge in [-0.2, -0.15) is 11.8 Å². The number of hydrogen-bond acceptors (Lipinski definition) is 12. The summed E-state index contributed by atoms with van der Waals surface area (Å²) in [7, 11) is 0. The molecule has 296 valence electrons. The Morgan fingerprint density at radius 1 is 1.00 bits per heavy atom. The summed E-state index contributed by atoms with van der Waals surface area (Å²) in [5.41, 5.74) is 1.37. The number of carboxylic acids is 1. The number of aromatic carboxylic acids is 1. The zero-order valence-corrected chi connectivity index (χ0v) is 32.4. The fraction of sp³-hybridized carbons (Fsp3) is 0.500. The molecule has 3 aromatic rings. The third-order valence-corrected chi connectivity index (χ3v) is 11.9. The second-order valence-corrected chi connectivity index (χ2v) is 15.9. The van der Waals surface area contributed by atoms with E-state index in [9.17, 15) is 24.3 Å². The smallest absolute Gasteiger partial charge is 0.335 e. The zero-order valence-electron chi connectivity index (χ0n) is 30.7. The number of carbonyl (C=O) groups is 4. The molecule has 4 amide bonds. The number of rotatable bonds is 21. The number of amides is 4. The lowest BCUT2D eigenvalue weighted by Crippen LogP contribution is -2.47. The highest BCUT2D eigenvalue weighted by atomic mass is 32.2.